The van der Waals surface area contributed by atoms with E-state index in [1.807, 2.05) is 47.8 Å². The quantitative estimate of drug-likeness (QED) is 0.346. The Morgan fingerprint density at radius 1 is 0.933 bits per heavy atom. The van der Waals surface area contributed by atoms with Gasteiger partial charge in [0.25, 0.3) is 11.1 Å². The fourth-order valence-corrected chi connectivity index (χ4v) is 4.39. The van der Waals surface area contributed by atoms with Crippen LogP contribution < -0.4 is 14.2 Å². The molecule has 0 saturated heterocycles. The number of aromatic nitrogens is 3. The molecule has 0 radical (unpaired) electrons. The molecule has 2 aromatic carbocycles. The molecule has 0 bridgehead atoms. The van der Waals surface area contributed by atoms with Crippen molar-refractivity contribution in [3.63, 3.8) is 0 Å². The van der Waals surface area contributed by atoms with Crippen LogP contribution in [-0.2, 0) is 5.75 Å². The number of hydrogen-bond acceptors (Lipinski definition) is 9. The minimum absolute atomic E-state index is 0.430. The highest BCUT2D eigenvalue weighted by atomic mass is 32.2. The molecular formula is C21H19N3O4S2. The van der Waals surface area contributed by atoms with E-state index in [0.29, 0.717) is 34.1 Å². The lowest BCUT2D eigenvalue weighted by atomic mass is 10.2. The summed E-state index contributed by atoms with van der Waals surface area (Å²) in [5, 5.41) is 11.7. The van der Waals surface area contributed by atoms with Gasteiger partial charge in [0, 0.05) is 16.7 Å². The number of ether oxygens (including phenoxy) is 3. The van der Waals surface area contributed by atoms with Gasteiger partial charge in [-0.25, -0.2) is 4.98 Å². The van der Waals surface area contributed by atoms with Gasteiger partial charge in [0.1, 0.15) is 10.8 Å². The van der Waals surface area contributed by atoms with Crippen molar-refractivity contribution in [2.45, 2.75) is 11.0 Å². The molecule has 0 saturated carbocycles. The SMILES string of the molecule is COc1ccc(-c2nc(CSc3nnc(-c4ccccc4OC)o3)cs2)cc1OC. The number of thioether (sulfide) groups is 1. The maximum atomic E-state index is 5.79. The standard InChI is InChI=1S/C21H19N3O4S2/c1-25-16-7-5-4-6-15(16)19-23-24-21(28-19)30-12-14-11-29-20(22-14)13-8-9-17(26-2)18(10-13)27-3/h4-11H,12H2,1-3H3. The Balaban J connectivity index is 1.45. The van der Waals surface area contributed by atoms with Gasteiger partial charge >= 0.3 is 0 Å². The van der Waals surface area contributed by atoms with Gasteiger partial charge in [0.05, 0.1) is 32.6 Å². The Morgan fingerprint density at radius 3 is 2.53 bits per heavy atom. The van der Waals surface area contributed by atoms with E-state index in [9.17, 15) is 0 Å². The lowest BCUT2D eigenvalue weighted by molar-refractivity contribution is 0.355. The average molecular weight is 442 g/mol. The summed E-state index contributed by atoms with van der Waals surface area (Å²) in [5.41, 5.74) is 2.68. The monoisotopic (exact) mass is 441 g/mol. The topological polar surface area (TPSA) is 79.5 Å². The zero-order valence-corrected chi connectivity index (χ0v) is 18.3. The molecule has 0 amide bonds. The Morgan fingerprint density at radius 2 is 1.73 bits per heavy atom. The smallest absolute Gasteiger partial charge is 0.277 e. The molecule has 4 aromatic rings. The van der Waals surface area contributed by atoms with Gasteiger partial charge in [-0.1, -0.05) is 23.9 Å². The average Bonchev–Trinajstić information content (AvgIpc) is 3.47. The summed E-state index contributed by atoms with van der Waals surface area (Å²) in [4.78, 5) is 4.71. The summed E-state index contributed by atoms with van der Waals surface area (Å²) >= 11 is 3.02. The van der Waals surface area contributed by atoms with Gasteiger partial charge in [-0.2, -0.15) is 0 Å². The van der Waals surface area contributed by atoms with Crippen LogP contribution in [0.4, 0.5) is 0 Å². The van der Waals surface area contributed by atoms with Crippen molar-refractivity contribution in [3.05, 3.63) is 53.5 Å². The first kappa shape index (κ1) is 20.2. The van der Waals surface area contributed by atoms with E-state index in [0.717, 1.165) is 21.8 Å². The summed E-state index contributed by atoms with van der Waals surface area (Å²) < 4.78 is 21.8. The molecular weight excluding hydrogens is 422 g/mol. The summed E-state index contributed by atoms with van der Waals surface area (Å²) in [7, 11) is 4.85. The van der Waals surface area contributed by atoms with Crippen molar-refractivity contribution in [2.24, 2.45) is 0 Å². The summed E-state index contributed by atoms with van der Waals surface area (Å²) in [6.07, 6.45) is 0. The highest BCUT2D eigenvalue weighted by Gasteiger charge is 2.14. The fraction of sp³-hybridized carbons (Fsp3) is 0.190. The number of rotatable bonds is 8. The third kappa shape index (κ3) is 4.27. The number of methoxy groups -OCH3 is 3. The molecule has 0 spiro atoms. The second-order valence-corrected chi connectivity index (χ2v) is 7.86. The Bertz CT molecular complexity index is 1140. The zero-order valence-electron chi connectivity index (χ0n) is 16.6. The van der Waals surface area contributed by atoms with Crippen molar-refractivity contribution in [1.29, 1.82) is 0 Å². The molecule has 0 aliphatic carbocycles. The Labute approximate surface area is 182 Å². The predicted molar refractivity (Wildman–Crippen MR) is 117 cm³/mol. The first-order valence-corrected chi connectivity index (χ1v) is 10.8. The van der Waals surface area contributed by atoms with Gasteiger partial charge in [-0.15, -0.1) is 21.5 Å². The summed E-state index contributed by atoms with van der Waals surface area (Å²) in [6, 6.07) is 13.3. The molecule has 0 atom stereocenters. The van der Waals surface area contributed by atoms with E-state index in [4.69, 9.17) is 23.6 Å². The van der Waals surface area contributed by atoms with Crippen LogP contribution in [0.5, 0.6) is 17.2 Å². The van der Waals surface area contributed by atoms with E-state index < -0.39 is 0 Å². The van der Waals surface area contributed by atoms with E-state index >= 15 is 0 Å². The maximum absolute atomic E-state index is 5.79. The first-order chi connectivity index (χ1) is 14.7. The normalized spacial score (nSPS) is 10.8. The van der Waals surface area contributed by atoms with Crippen LogP contribution in [0.15, 0.2) is 57.5 Å². The molecule has 2 aromatic heterocycles. The van der Waals surface area contributed by atoms with Gasteiger partial charge < -0.3 is 18.6 Å². The highest BCUT2D eigenvalue weighted by Crippen LogP contribution is 2.35. The van der Waals surface area contributed by atoms with Crippen LogP contribution in [0.25, 0.3) is 22.0 Å². The molecule has 7 nitrogen and oxygen atoms in total. The van der Waals surface area contributed by atoms with E-state index in [1.54, 1.807) is 32.7 Å². The molecule has 0 N–H and O–H groups in total. The number of thiazole rings is 1. The number of benzene rings is 2. The molecule has 0 aliphatic rings. The van der Waals surface area contributed by atoms with Crippen molar-refractivity contribution in [3.8, 4) is 39.3 Å². The molecule has 9 heteroatoms. The minimum atomic E-state index is 0.430. The van der Waals surface area contributed by atoms with Gasteiger partial charge in [0.15, 0.2) is 11.5 Å². The second-order valence-electron chi connectivity index (χ2n) is 6.08. The number of nitrogens with zero attached hydrogens (tertiary/aromatic N) is 3. The van der Waals surface area contributed by atoms with Gasteiger partial charge in [-0.3, -0.25) is 0 Å². The van der Waals surface area contributed by atoms with E-state index in [-0.39, 0.29) is 0 Å². The first-order valence-electron chi connectivity index (χ1n) is 8.98. The summed E-state index contributed by atoms with van der Waals surface area (Å²) in [5.74, 6) is 3.11. The molecule has 0 fully saturated rings. The largest absolute Gasteiger partial charge is 0.496 e. The fourth-order valence-electron chi connectivity index (χ4n) is 2.81. The van der Waals surface area contributed by atoms with Gasteiger partial charge in [0.2, 0.25) is 0 Å². The molecule has 0 aliphatic heterocycles. The molecule has 4 rings (SSSR count). The zero-order chi connectivity index (χ0) is 20.9. The van der Waals surface area contributed by atoms with Crippen LogP contribution in [0.3, 0.4) is 0 Å². The Kier molecular flexibility index (Phi) is 6.20. The van der Waals surface area contributed by atoms with Crippen molar-refractivity contribution < 1.29 is 18.6 Å². The lowest BCUT2D eigenvalue weighted by Crippen LogP contribution is -1.90. The van der Waals surface area contributed by atoms with Crippen molar-refractivity contribution in [2.75, 3.05) is 21.3 Å². The van der Waals surface area contributed by atoms with Crippen LogP contribution in [0, 0.1) is 0 Å². The third-order valence-electron chi connectivity index (χ3n) is 4.27. The number of hydrogen-bond donors (Lipinski definition) is 0. The predicted octanol–water partition coefficient (Wildman–Crippen LogP) is 5.18. The number of para-hydroxylation sites is 1. The third-order valence-corrected chi connectivity index (χ3v) is 6.06. The maximum Gasteiger partial charge on any atom is 0.277 e. The van der Waals surface area contributed by atoms with Gasteiger partial charge in [-0.05, 0) is 30.3 Å². The molecule has 2 heterocycles. The van der Waals surface area contributed by atoms with Crippen LogP contribution in [-0.4, -0.2) is 36.5 Å². The van der Waals surface area contributed by atoms with Crippen molar-refractivity contribution in [1.82, 2.24) is 15.2 Å². The highest BCUT2D eigenvalue weighted by molar-refractivity contribution is 7.98. The molecule has 30 heavy (non-hydrogen) atoms. The lowest BCUT2D eigenvalue weighted by Gasteiger charge is -2.08. The van der Waals surface area contributed by atoms with Crippen LogP contribution in [0.2, 0.25) is 0 Å². The van der Waals surface area contributed by atoms with Crippen molar-refractivity contribution >= 4 is 23.1 Å². The van der Waals surface area contributed by atoms with E-state index in [2.05, 4.69) is 10.2 Å². The van der Waals surface area contributed by atoms with E-state index in [1.165, 1.54) is 11.8 Å². The molecule has 0 unspecified atom stereocenters. The minimum Gasteiger partial charge on any atom is -0.496 e. The Hall–Kier alpha value is -3.04. The van der Waals surface area contributed by atoms with Crippen LogP contribution >= 0.6 is 23.1 Å². The molecule has 154 valence electrons. The second kappa shape index (κ2) is 9.19. The summed E-state index contributed by atoms with van der Waals surface area (Å²) in [6.45, 7) is 0. The van der Waals surface area contributed by atoms with Crippen LogP contribution in [0.1, 0.15) is 5.69 Å².